The second-order valence-electron chi connectivity index (χ2n) is 4.47. The first kappa shape index (κ1) is 15.9. The molecular weight excluding hydrogens is 264 g/mol. The molecule has 0 unspecified atom stereocenters. The Bertz CT molecular complexity index is 487. The molecule has 0 aliphatic rings. The predicted molar refractivity (Wildman–Crippen MR) is 76.0 cm³/mol. The molecule has 1 aromatic rings. The Morgan fingerprint density at radius 3 is 2.16 bits per heavy atom. The van der Waals surface area contributed by atoms with Crippen LogP contribution in [0, 0.1) is 0 Å². The van der Waals surface area contributed by atoms with Gasteiger partial charge in [0.2, 0.25) is 10.0 Å². The molecule has 1 heterocycles. The van der Waals surface area contributed by atoms with E-state index in [2.05, 4.69) is 15.1 Å². The number of rotatable bonds is 7. The maximum absolute atomic E-state index is 12.3. The quantitative estimate of drug-likeness (QED) is 0.522. The minimum Gasteiger partial charge on any atom is -0.308 e. The van der Waals surface area contributed by atoms with Crippen LogP contribution in [0.5, 0.6) is 0 Å². The standard InChI is InChI=1S/C12H22N4O2S/c1-4-12(5-2,6-3)16-19(17,18)10-7-8-11(15-13)14-9-10/h7-9,16H,4-6,13H2,1-3H3,(H,14,15). The molecule has 0 atom stereocenters. The van der Waals surface area contributed by atoms with Gasteiger partial charge in [0.05, 0.1) is 0 Å². The summed E-state index contributed by atoms with van der Waals surface area (Å²) >= 11 is 0. The van der Waals surface area contributed by atoms with Gasteiger partial charge in [0.1, 0.15) is 10.7 Å². The Hall–Kier alpha value is -1.18. The van der Waals surface area contributed by atoms with Crippen LogP contribution in [0.3, 0.4) is 0 Å². The summed E-state index contributed by atoms with van der Waals surface area (Å²) in [4.78, 5) is 4.06. The molecule has 6 nitrogen and oxygen atoms in total. The molecule has 0 fully saturated rings. The van der Waals surface area contributed by atoms with Gasteiger partial charge in [-0.2, -0.15) is 0 Å². The van der Waals surface area contributed by atoms with Gasteiger partial charge in [-0.05, 0) is 31.4 Å². The second kappa shape index (κ2) is 6.31. The van der Waals surface area contributed by atoms with E-state index in [1.807, 2.05) is 20.8 Å². The number of sulfonamides is 1. The van der Waals surface area contributed by atoms with Crippen molar-refractivity contribution in [3.8, 4) is 0 Å². The molecule has 108 valence electrons. The normalized spacial score (nSPS) is 12.4. The lowest BCUT2D eigenvalue weighted by Crippen LogP contribution is -2.46. The molecule has 19 heavy (non-hydrogen) atoms. The number of anilines is 1. The number of pyridine rings is 1. The van der Waals surface area contributed by atoms with Crippen molar-refractivity contribution in [2.45, 2.75) is 50.5 Å². The van der Waals surface area contributed by atoms with Gasteiger partial charge in [-0.1, -0.05) is 20.8 Å². The first-order valence-corrected chi connectivity index (χ1v) is 7.88. The van der Waals surface area contributed by atoms with Crippen molar-refractivity contribution in [2.24, 2.45) is 5.84 Å². The number of aromatic nitrogens is 1. The fraction of sp³-hybridized carbons (Fsp3) is 0.583. The van der Waals surface area contributed by atoms with Gasteiger partial charge < -0.3 is 5.43 Å². The van der Waals surface area contributed by atoms with Crippen molar-refractivity contribution in [2.75, 3.05) is 5.43 Å². The van der Waals surface area contributed by atoms with E-state index in [4.69, 9.17) is 5.84 Å². The van der Waals surface area contributed by atoms with E-state index < -0.39 is 15.6 Å². The summed E-state index contributed by atoms with van der Waals surface area (Å²) in [5.74, 6) is 5.62. The third-order valence-corrected chi connectivity index (χ3v) is 5.14. The van der Waals surface area contributed by atoms with Crippen LogP contribution in [-0.2, 0) is 10.0 Å². The van der Waals surface area contributed by atoms with Crippen molar-refractivity contribution < 1.29 is 8.42 Å². The van der Waals surface area contributed by atoms with Crippen molar-refractivity contribution in [3.05, 3.63) is 18.3 Å². The van der Waals surface area contributed by atoms with Crippen LogP contribution in [0.2, 0.25) is 0 Å². The van der Waals surface area contributed by atoms with E-state index in [1.165, 1.54) is 18.3 Å². The van der Waals surface area contributed by atoms with Gasteiger partial charge in [0.15, 0.2) is 0 Å². The van der Waals surface area contributed by atoms with Gasteiger partial charge in [-0.3, -0.25) is 0 Å². The Morgan fingerprint density at radius 1 is 1.21 bits per heavy atom. The summed E-state index contributed by atoms with van der Waals surface area (Å²) in [6.07, 6.45) is 3.53. The van der Waals surface area contributed by atoms with E-state index in [1.54, 1.807) is 0 Å². The van der Waals surface area contributed by atoms with Gasteiger partial charge in [0.25, 0.3) is 0 Å². The van der Waals surface area contributed by atoms with E-state index in [-0.39, 0.29) is 4.90 Å². The van der Waals surface area contributed by atoms with Gasteiger partial charge >= 0.3 is 0 Å². The summed E-state index contributed by atoms with van der Waals surface area (Å²) in [6.45, 7) is 5.94. The third-order valence-electron chi connectivity index (χ3n) is 3.58. The number of hydrogen-bond acceptors (Lipinski definition) is 5. The highest BCUT2D eigenvalue weighted by Crippen LogP contribution is 2.22. The molecule has 1 aromatic heterocycles. The highest BCUT2D eigenvalue weighted by Gasteiger charge is 2.30. The Balaban J connectivity index is 3.03. The molecule has 0 aliphatic heterocycles. The number of nitrogens with zero attached hydrogens (tertiary/aromatic N) is 1. The molecule has 7 heteroatoms. The summed E-state index contributed by atoms with van der Waals surface area (Å²) in [7, 11) is -3.56. The summed E-state index contributed by atoms with van der Waals surface area (Å²) in [6, 6.07) is 3.01. The minimum atomic E-state index is -3.56. The van der Waals surface area contributed by atoms with Crippen LogP contribution in [0.15, 0.2) is 23.2 Å². The van der Waals surface area contributed by atoms with E-state index >= 15 is 0 Å². The number of hydrogen-bond donors (Lipinski definition) is 3. The number of nitrogen functional groups attached to an aromatic ring is 1. The van der Waals surface area contributed by atoms with Crippen LogP contribution >= 0.6 is 0 Å². The van der Waals surface area contributed by atoms with Crippen LogP contribution in [0.1, 0.15) is 40.0 Å². The SMILES string of the molecule is CCC(CC)(CC)NS(=O)(=O)c1ccc(NN)nc1. The molecular formula is C12H22N4O2S. The fourth-order valence-electron chi connectivity index (χ4n) is 1.94. The van der Waals surface area contributed by atoms with Gasteiger partial charge in [0, 0.05) is 11.7 Å². The summed E-state index contributed by atoms with van der Waals surface area (Å²) in [5, 5.41) is 0. The maximum atomic E-state index is 12.3. The van der Waals surface area contributed by atoms with Crippen LogP contribution in [0.25, 0.3) is 0 Å². The minimum absolute atomic E-state index is 0.145. The van der Waals surface area contributed by atoms with Crippen molar-refractivity contribution in [3.63, 3.8) is 0 Å². The zero-order valence-electron chi connectivity index (χ0n) is 11.6. The topological polar surface area (TPSA) is 97.1 Å². The molecule has 4 N–H and O–H groups in total. The third kappa shape index (κ3) is 3.65. The molecule has 0 radical (unpaired) electrons. The van der Waals surface area contributed by atoms with E-state index in [0.717, 1.165) is 19.3 Å². The average molecular weight is 286 g/mol. The number of hydrazine groups is 1. The van der Waals surface area contributed by atoms with Crippen molar-refractivity contribution in [1.82, 2.24) is 9.71 Å². The van der Waals surface area contributed by atoms with Gasteiger partial charge in [-0.25, -0.2) is 24.0 Å². The Labute approximate surface area is 114 Å². The molecule has 0 bridgehead atoms. The van der Waals surface area contributed by atoms with Crippen LogP contribution < -0.4 is 16.0 Å². The molecule has 0 saturated heterocycles. The molecule has 1 rings (SSSR count). The first-order valence-electron chi connectivity index (χ1n) is 6.39. The molecule has 0 aliphatic carbocycles. The monoisotopic (exact) mass is 286 g/mol. The molecule has 0 aromatic carbocycles. The van der Waals surface area contributed by atoms with Crippen LogP contribution in [0.4, 0.5) is 5.82 Å². The van der Waals surface area contributed by atoms with E-state index in [9.17, 15) is 8.42 Å². The zero-order valence-corrected chi connectivity index (χ0v) is 12.4. The predicted octanol–water partition coefficient (Wildman–Crippen LogP) is 1.61. The first-order chi connectivity index (χ1) is 8.93. The molecule has 0 amide bonds. The second-order valence-corrected chi connectivity index (χ2v) is 6.15. The smallest absolute Gasteiger partial charge is 0.242 e. The fourth-order valence-corrected chi connectivity index (χ4v) is 3.49. The Morgan fingerprint density at radius 2 is 1.79 bits per heavy atom. The lowest BCUT2D eigenvalue weighted by atomic mass is 9.91. The summed E-state index contributed by atoms with van der Waals surface area (Å²) < 4.78 is 27.4. The van der Waals surface area contributed by atoms with Crippen LogP contribution in [-0.4, -0.2) is 18.9 Å². The zero-order chi connectivity index (χ0) is 14.5. The highest BCUT2D eigenvalue weighted by atomic mass is 32.2. The van der Waals surface area contributed by atoms with Crippen molar-refractivity contribution >= 4 is 15.8 Å². The molecule has 0 saturated carbocycles. The Kier molecular flexibility index (Phi) is 5.28. The van der Waals surface area contributed by atoms with Crippen molar-refractivity contribution in [1.29, 1.82) is 0 Å². The number of nitrogens with one attached hydrogen (secondary N) is 2. The highest BCUT2D eigenvalue weighted by molar-refractivity contribution is 7.89. The van der Waals surface area contributed by atoms with Gasteiger partial charge in [-0.15, -0.1) is 0 Å². The van der Waals surface area contributed by atoms with E-state index in [0.29, 0.717) is 5.82 Å². The average Bonchev–Trinajstić information content (AvgIpc) is 2.45. The largest absolute Gasteiger partial charge is 0.308 e. The lowest BCUT2D eigenvalue weighted by Gasteiger charge is -2.31. The summed E-state index contributed by atoms with van der Waals surface area (Å²) in [5.41, 5.74) is 1.96. The maximum Gasteiger partial charge on any atom is 0.242 e. The molecule has 0 spiro atoms. The number of nitrogens with two attached hydrogens (primary N) is 1. The lowest BCUT2D eigenvalue weighted by molar-refractivity contribution is 0.341.